The lowest BCUT2D eigenvalue weighted by Gasteiger charge is -2.32. The van der Waals surface area contributed by atoms with Crippen LogP contribution in [0.4, 0.5) is 5.82 Å². The number of benzene rings is 1. The van der Waals surface area contributed by atoms with Crippen LogP contribution in [0.5, 0.6) is 0 Å². The first-order valence-corrected chi connectivity index (χ1v) is 10.1. The predicted octanol–water partition coefficient (Wildman–Crippen LogP) is 3.14. The van der Waals surface area contributed by atoms with Crippen molar-refractivity contribution in [1.82, 2.24) is 15.1 Å². The average molecular weight is 380 g/mol. The van der Waals surface area contributed by atoms with E-state index in [1.54, 1.807) is 11.0 Å². The van der Waals surface area contributed by atoms with Crippen LogP contribution >= 0.6 is 0 Å². The zero-order valence-electron chi connectivity index (χ0n) is 16.7. The molecule has 0 aliphatic carbocycles. The molecule has 0 atom stereocenters. The van der Waals surface area contributed by atoms with Crippen molar-refractivity contribution in [2.45, 2.75) is 38.6 Å². The third-order valence-electron chi connectivity index (χ3n) is 5.83. The summed E-state index contributed by atoms with van der Waals surface area (Å²) in [5.74, 6) is 1.44. The summed E-state index contributed by atoms with van der Waals surface area (Å²) in [6, 6.07) is 14.4. The predicted molar refractivity (Wildman–Crippen MR) is 108 cm³/mol. The van der Waals surface area contributed by atoms with Crippen molar-refractivity contribution in [2.24, 2.45) is 5.92 Å². The molecule has 2 aromatic rings. The highest BCUT2D eigenvalue weighted by Crippen LogP contribution is 2.26. The van der Waals surface area contributed by atoms with E-state index in [0.717, 1.165) is 38.2 Å². The first kappa shape index (κ1) is 18.9. The summed E-state index contributed by atoms with van der Waals surface area (Å²) in [6.07, 6.45) is 3.44. The second-order valence-electron chi connectivity index (χ2n) is 8.42. The molecule has 3 heterocycles. The SMILES string of the molecule is CC1(C)COCN1C(=O)c1ccc(N2CCC(Cc3ccccc3)CC2)nn1. The van der Waals surface area contributed by atoms with E-state index in [-0.39, 0.29) is 11.4 Å². The van der Waals surface area contributed by atoms with Crippen LogP contribution in [0.1, 0.15) is 42.7 Å². The van der Waals surface area contributed by atoms with Gasteiger partial charge in [0.1, 0.15) is 6.73 Å². The molecule has 0 radical (unpaired) electrons. The minimum atomic E-state index is -0.307. The molecule has 6 nitrogen and oxygen atoms in total. The highest BCUT2D eigenvalue weighted by Gasteiger charge is 2.37. The number of anilines is 1. The fourth-order valence-corrected chi connectivity index (χ4v) is 4.03. The van der Waals surface area contributed by atoms with Gasteiger partial charge in [-0.05, 0) is 56.7 Å². The lowest BCUT2D eigenvalue weighted by molar-refractivity contribution is 0.0598. The lowest BCUT2D eigenvalue weighted by atomic mass is 9.90. The summed E-state index contributed by atoms with van der Waals surface area (Å²) in [5.41, 5.74) is 1.48. The molecule has 2 aliphatic heterocycles. The second-order valence-corrected chi connectivity index (χ2v) is 8.42. The Labute approximate surface area is 166 Å². The Bertz CT molecular complexity index is 799. The Balaban J connectivity index is 1.34. The molecule has 1 aromatic carbocycles. The van der Waals surface area contributed by atoms with Crippen molar-refractivity contribution in [1.29, 1.82) is 0 Å². The van der Waals surface area contributed by atoms with Gasteiger partial charge < -0.3 is 14.5 Å². The summed E-state index contributed by atoms with van der Waals surface area (Å²) in [6.45, 7) is 6.81. The molecule has 2 fully saturated rings. The van der Waals surface area contributed by atoms with E-state index < -0.39 is 0 Å². The molecular weight excluding hydrogens is 352 g/mol. The largest absolute Gasteiger partial charge is 0.359 e. The van der Waals surface area contributed by atoms with Gasteiger partial charge >= 0.3 is 0 Å². The van der Waals surface area contributed by atoms with Gasteiger partial charge in [0.15, 0.2) is 11.5 Å². The molecular formula is C22H28N4O2. The number of nitrogens with zero attached hydrogens (tertiary/aromatic N) is 4. The van der Waals surface area contributed by atoms with Gasteiger partial charge in [-0.1, -0.05) is 30.3 Å². The topological polar surface area (TPSA) is 58.6 Å². The van der Waals surface area contributed by atoms with Crippen LogP contribution < -0.4 is 4.90 Å². The number of aromatic nitrogens is 2. The maximum Gasteiger partial charge on any atom is 0.276 e. The quantitative estimate of drug-likeness (QED) is 0.816. The van der Waals surface area contributed by atoms with Crippen molar-refractivity contribution >= 4 is 11.7 Å². The first-order chi connectivity index (χ1) is 13.5. The molecule has 2 saturated heterocycles. The van der Waals surface area contributed by atoms with Crippen LogP contribution in [0, 0.1) is 5.92 Å². The minimum absolute atomic E-state index is 0.122. The number of hydrogen-bond donors (Lipinski definition) is 0. The third-order valence-corrected chi connectivity index (χ3v) is 5.83. The number of hydrogen-bond acceptors (Lipinski definition) is 5. The lowest BCUT2D eigenvalue weighted by Crippen LogP contribution is -2.44. The molecule has 0 N–H and O–H groups in total. The van der Waals surface area contributed by atoms with Crippen molar-refractivity contribution in [2.75, 3.05) is 31.3 Å². The molecule has 6 heteroatoms. The Kier molecular flexibility index (Phi) is 5.31. The number of rotatable bonds is 4. The van der Waals surface area contributed by atoms with Gasteiger partial charge in [0.25, 0.3) is 5.91 Å². The summed E-state index contributed by atoms with van der Waals surface area (Å²) < 4.78 is 5.44. The average Bonchev–Trinajstić information content (AvgIpc) is 3.08. The number of piperidine rings is 1. The van der Waals surface area contributed by atoms with Crippen LogP contribution in [-0.2, 0) is 11.2 Å². The molecule has 28 heavy (non-hydrogen) atoms. The van der Waals surface area contributed by atoms with E-state index in [1.807, 2.05) is 19.9 Å². The van der Waals surface area contributed by atoms with Crippen molar-refractivity contribution < 1.29 is 9.53 Å². The summed E-state index contributed by atoms with van der Waals surface area (Å²) >= 11 is 0. The summed E-state index contributed by atoms with van der Waals surface area (Å²) in [5, 5.41) is 8.55. The normalized spacial score (nSPS) is 19.8. The van der Waals surface area contributed by atoms with E-state index >= 15 is 0 Å². The monoisotopic (exact) mass is 380 g/mol. The standard InChI is InChI=1S/C22H28N4O2/c1-22(2)15-28-16-26(22)21(27)19-8-9-20(24-23-19)25-12-10-18(11-13-25)14-17-6-4-3-5-7-17/h3-9,18H,10-16H2,1-2H3. The van der Waals surface area contributed by atoms with E-state index in [2.05, 4.69) is 45.4 Å². The zero-order chi connectivity index (χ0) is 19.6. The van der Waals surface area contributed by atoms with Gasteiger partial charge in [-0.25, -0.2) is 0 Å². The number of amides is 1. The minimum Gasteiger partial charge on any atom is -0.359 e. The first-order valence-electron chi connectivity index (χ1n) is 10.1. The molecule has 1 aromatic heterocycles. The van der Waals surface area contributed by atoms with Gasteiger partial charge in [0.05, 0.1) is 12.1 Å². The Morgan fingerprint density at radius 1 is 1.11 bits per heavy atom. The maximum atomic E-state index is 12.7. The van der Waals surface area contributed by atoms with Gasteiger partial charge in [0.2, 0.25) is 0 Å². The van der Waals surface area contributed by atoms with Crippen LogP contribution in [0.15, 0.2) is 42.5 Å². The van der Waals surface area contributed by atoms with E-state index in [4.69, 9.17) is 4.74 Å². The van der Waals surface area contributed by atoms with E-state index in [1.165, 1.54) is 5.56 Å². The van der Waals surface area contributed by atoms with Gasteiger partial charge in [-0.15, -0.1) is 10.2 Å². The van der Waals surface area contributed by atoms with Crippen LogP contribution in [0.3, 0.4) is 0 Å². The third kappa shape index (κ3) is 4.02. The molecule has 0 spiro atoms. The van der Waals surface area contributed by atoms with Gasteiger partial charge in [-0.3, -0.25) is 4.79 Å². The molecule has 4 rings (SSSR count). The van der Waals surface area contributed by atoms with E-state index in [0.29, 0.717) is 24.9 Å². The molecule has 0 saturated carbocycles. The van der Waals surface area contributed by atoms with Crippen molar-refractivity contribution in [3.63, 3.8) is 0 Å². The molecule has 0 bridgehead atoms. The van der Waals surface area contributed by atoms with Crippen molar-refractivity contribution in [3.8, 4) is 0 Å². The fraction of sp³-hybridized carbons (Fsp3) is 0.500. The number of carbonyl (C=O) groups is 1. The number of carbonyl (C=O) groups excluding carboxylic acids is 1. The molecule has 0 unspecified atom stereocenters. The zero-order valence-corrected chi connectivity index (χ0v) is 16.7. The second kappa shape index (κ2) is 7.87. The highest BCUT2D eigenvalue weighted by molar-refractivity contribution is 5.92. The Morgan fingerprint density at radius 3 is 2.46 bits per heavy atom. The summed E-state index contributed by atoms with van der Waals surface area (Å²) in [7, 11) is 0. The summed E-state index contributed by atoms with van der Waals surface area (Å²) in [4.78, 5) is 16.7. The van der Waals surface area contributed by atoms with Crippen molar-refractivity contribution in [3.05, 3.63) is 53.7 Å². The Hall–Kier alpha value is -2.47. The van der Waals surface area contributed by atoms with Crippen LogP contribution in [0.2, 0.25) is 0 Å². The highest BCUT2D eigenvalue weighted by atomic mass is 16.5. The number of ether oxygens (including phenoxy) is 1. The molecule has 148 valence electrons. The Morgan fingerprint density at radius 2 is 1.86 bits per heavy atom. The maximum absolute atomic E-state index is 12.7. The molecule has 2 aliphatic rings. The van der Waals surface area contributed by atoms with E-state index in [9.17, 15) is 4.79 Å². The van der Waals surface area contributed by atoms with Crippen LogP contribution in [-0.4, -0.2) is 53.0 Å². The van der Waals surface area contributed by atoms with Gasteiger partial charge in [-0.2, -0.15) is 0 Å². The van der Waals surface area contributed by atoms with Crippen LogP contribution in [0.25, 0.3) is 0 Å². The van der Waals surface area contributed by atoms with Gasteiger partial charge in [0, 0.05) is 13.1 Å². The smallest absolute Gasteiger partial charge is 0.276 e. The molecule has 1 amide bonds. The fourth-order valence-electron chi connectivity index (χ4n) is 4.03.